The molecule has 3 heterocycles. The van der Waals surface area contributed by atoms with Gasteiger partial charge in [-0.15, -0.1) is 11.3 Å². The normalized spacial score (nSPS) is 15.4. The molecule has 0 unspecified atom stereocenters. The van der Waals surface area contributed by atoms with Crippen LogP contribution in [0.5, 0.6) is 5.75 Å². The third kappa shape index (κ3) is 14.7. The van der Waals surface area contributed by atoms with Crippen LogP contribution in [-0.4, -0.2) is 98.0 Å². The monoisotopic (exact) mass is 968 g/mol. The number of pyridine rings is 1. The molecule has 1 fully saturated rings. The van der Waals surface area contributed by atoms with Crippen LogP contribution in [0.25, 0.3) is 0 Å². The van der Waals surface area contributed by atoms with Crippen LogP contribution in [0, 0.1) is 0 Å². The molecule has 2 aromatic carbocycles. The number of anilines is 1. The van der Waals surface area contributed by atoms with E-state index in [2.05, 4.69) is 31.4 Å². The Hall–Kier alpha value is -7.05. The predicted molar refractivity (Wildman–Crippen MR) is 242 cm³/mol. The number of carbonyl (C=O) groups excluding carboxylic acids is 5. The van der Waals surface area contributed by atoms with Crippen LogP contribution in [-0.2, 0) is 58.8 Å². The van der Waals surface area contributed by atoms with Gasteiger partial charge in [0.25, 0.3) is 11.8 Å². The summed E-state index contributed by atoms with van der Waals surface area (Å²) in [5.74, 6) is -3.35. The third-order valence-corrected chi connectivity index (χ3v) is 10.6. The van der Waals surface area contributed by atoms with E-state index in [1.807, 2.05) is 60.7 Å². The van der Waals surface area contributed by atoms with E-state index in [-0.39, 0.29) is 46.3 Å². The Morgan fingerprint density at radius 2 is 1.48 bits per heavy atom. The molecule has 0 spiro atoms. The average molecular weight is 969 g/mol. The molecule has 4 aromatic rings. The Bertz CT molecular complexity index is 2640. The molecule has 22 nitrogen and oxygen atoms in total. The quantitative estimate of drug-likeness (QED) is 0.0313. The average Bonchev–Trinajstić information content (AvgIpc) is 3.68. The lowest BCUT2D eigenvalue weighted by molar-refractivity contribution is -0.179. The van der Waals surface area contributed by atoms with E-state index in [9.17, 15) is 41.7 Å². The van der Waals surface area contributed by atoms with Crippen molar-refractivity contribution in [3.8, 4) is 5.75 Å². The van der Waals surface area contributed by atoms with Crippen molar-refractivity contribution in [3.63, 3.8) is 0 Å². The van der Waals surface area contributed by atoms with Crippen LogP contribution in [0.15, 0.2) is 88.3 Å². The van der Waals surface area contributed by atoms with Gasteiger partial charge in [0.05, 0.1) is 24.5 Å². The fourth-order valence-corrected chi connectivity index (χ4v) is 7.35. The zero-order chi connectivity index (χ0) is 49.3. The van der Waals surface area contributed by atoms with Gasteiger partial charge in [-0.3, -0.25) is 24.3 Å². The maximum absolute atomic E-state index is 14.0. The number of nitrogens with one attached hydrogen (secondary N) is 4. The summed E-state index contributed by atoms with van der Waals surface area (Å²) in [4.78, 5) is 94.6. The van der Waals surface area contributed by atoms with Gasteiger partial charge in [0.1, 0.15) is 36.2 Å². The summed E-state index contributed by atoms with van der Waals surface area (Å²) in [6.07, 6.45) is 0.474. The summed E-state index contributed by atoms with van der Waals surface area (Å²) in [5, 5.41) is 14.8. The molecule has 2 aromatic heterocycles. The van der Waals surface area contributed by atoms with Crippen LogP contribution in [0.3, 0.4) is 0 Å². The second kappa shape index (κ2) is 21.1. The minimum absolute atomic E-state index is 0.0302. The van der Waals surface area contributed by atoms with Crippen molar-refractivity contribution in [2.24, 2.45) is 5.16 Å². The van der Waals surface area contributed by atoms with E-state index in [4.69, 9.17) is 23.9 Å². The Morgan fingerprint density at radius 1 is 0.866 bits per heavy atom. The second-order valence-corrected chi connectivity index (χ2v) is 19.4. The Labute approximate surface area is 389 Å². The molecule has 0 aliphatic carbocycles. The highest BCUT2D eigenvalue weighted by molar-refractivity contribution is 7.84. The fourth-order valence-electron chi connectivity index (χ4n) is 5.79. The lowest BCUT2D eigenvalue weighted by atomic mass is 9.98. The van der Waals surface area contributed by atoms with Gasteiger partial charge < -0.3 is 39.8 Å². The molecule has 360 valence electrons. The van der Waals surface area contributed by atoms with Crippen molar-refractivity contribution in [3.05, 3.63) is 111 Å². The summed E-state index contributed by atoms with van der Waals surface area (Å²) in [7, 11) is -5.23. The maximum Gasteiger partial charge on any atom is 0.413 e. The Morgan fingerprint density at radius 3 is 2.07 bits per heavy atom. The van der Waals surface area contributed by atoms with Crippen LogP contribution >= 0.6 is 11.3 Å². The van der Waals surface area contributed by atoms with Crippen molar-refractivity contribution in [2.45, 2.75) is 104 Å². The SMILES string of the molecule is CC(C)(C)OC(=O)Nc1nc(/C(=N/OC(C)(C)C(=O)OC(C)(C)C)C(=O)N[C@@H]2C(=O)N(S(=O)(=O)O)[C@@H]2CNC(=O)NCc2cc(=O)c(OCc3ccccc3)cn2OCc2ccccc2)cs1. The van der Waals surface area contributed by atoms with E-state index in [0.717, 1.165) is 22.5 Å². The van der Waals surface area contributed by atoms with E-state index < -0.39 is 86.8 Å². The first-order chi connectivity index (χ1) is 31.3. The highest BCUT2D eigenvalue weighted by atomic mass is 32.2. The number of β-lactam (4-membered cyclic amide) rings is 1. The van der Waals surface area contributed by atoms with Gasteiger partial charge in [0.15, 0.2) is 16.6 Å². The largest absolute Gasteiger partial charge is 0.483 e. The maximum atomic E-state index is 14.0. The van der Waals surface area contributed by atoms with E-state index in [1.165, 1.54) is 36.2 Å². The second-order valence-electron chi connectivity index (χ2n) is 17.3. The van der Waals surface area contributed by atoms with Gasteiger partial charge in [0.2, 0.25) is 11.0 Å². The number of esters is 1. The first-order valence-electron chi connectivity index (χ1n) is 20.5. The number of nitrogens with zero attached hydrogens (tertiary/aromatic N) is 4. The van der Waals surface area contributed by atoms with E-state index >= 15 is 0 Å². The van der Waals surface area contributed by atoms with Gasteiger partial charge in [-0.2, -0.15) is 13.1 Å². The number of hydrogen-bond donors (Lipinski definition) is 5. The molecular weight excluding hydrogens is 917 g/mol. The lowest BCUT2D eigenvalue weighted by Gasteiger charge is -2.44. The number of benzene rings is 2. The number of thiazole rings is 1. The van der Waals surface area contributed by atoms with Crippen molar-refractivity contribution < 1.29 is 60.8 Å². The van der Waals surface area contributed by atoms with Crippen molar-refractivity contribution in [1.82, 2.24) is 30.0 Å². The van der Waals surface area contributed by atoms with Crippen LogP contribution in [0.4, 0.5) is 14.7 Å². The first-order valence-corrected chi connectivity index (χ1v) is 22.8. The van der Waals surface area contributed by atoms with Crippen LogP contribution in [0.2, 0.25) is 0 Å². The number of aromatic nitrogens is 2. The molecule has 2 atom stereocenters. The van der Waals surface area contributed by atoms with Gasteiger partial charge >= 0.3 is 28.4 Å². The van der Waals surface area contributed by atoms with Gasteiger partial charge in [0, 0.05) is 18.0 Å². The van der Waals surface area contributed by atoms with Gasteiger partial charge in [-0.05, 0) is 66.5 Å². The molecule has 0 saturated carbocycles. The summed E-state index contributed by atoms with van der Waals surface area (Å²) < 4.78 is 52.4. The molecule has 0 bridgehead atoms. The van der Waals surface area contributed by atoms with E-state index in [0.29, 0.717) is 0 Å². The summed E-state index contributed by atoms with van der Waals surface area (Å²) >= 11 is 0.854. The van der Waals surface area contributed by atoms with E-state index in [1.54, 1.807) is 41.5 Å². The number of carbonyl (C=O) groups is 5. The van der Waals surface area contributed by atoms with Crippen LogP contribution < -0.4 is 36.3 Å². The number of amides is 5. The zero-order valence-corrected chi connectivity index (χ0v) is 39.5. The van der Waals surface area contributed by atoms with Crippen molar-refractivity contribution in [1.29, 1.82) is 0 Å². The first kappa shape index (κ1) is 50.9. The Balaban J connectivity index is 1.32. The number of ether oxygens (including phenoxy) is 3. The highest BCUT2D eigenvalue weighted by Crippen LogP contribution is 2.25. The molecule has 1 aliphatic rings. The minimum Gasteiger partial charge on any atom is -0.483 e. The Kier molecular flexibility index (Phi) is 16.0. The summed E-state index contributed by atoms with van der Waals surface area (Å²) in [5.41, 5.74) is -3.15. The number of rotatable bonds is 18. The topological polar surface area (TPSA) is 284 Å². The lowest BCUT2D eigenvalue weighted by Crippen LogP contribution is -2.74. The molecule has 0 radical (unpaired) electrons. The third-order valence-electron chi connectivity index (χ3n) is 8.94. The zero-order valence-electron chi connectivity index (χ0n) is 37.8. The highest BCUT2D eigenvalue weighted by Gasteiger charge is 2.54. The van der Waals surface area contributed by atoms with Crippen molar-refractivity contribution in [2.75, 3.05) is 11.9 Å². The molecule has 5 rings (SSSR count). The smallest absolute Gasteiger partial charge is 0.413 e. The molecule has 5 N–H and O–H groups in total. The number of urea groups is 1. The molecule has 1 aliphatic heterocycles. The fraction of sp³-hybridized carbons (Fsp3) is 0.395. The molecule has 67 heavy (non-hydrogen) atoms. The minimum atomic E-state index is -5.23. The number of hydrogen-bond acceptors (Lipinski definition) is 16. The molecule has 1 saturated heterocycles. The molecule has 5 amide bonds. The summed E-state index contributed by atoms with van der Waals surface area (Å²) in [6.45, 7) is 11.6. The van der Waals surface area contributed by atoms with Gasteiger partial charge in [-0.1, -0.05) is 65.8 Å². The molecule has 24 heteroatoms. The summed E-state index contributed by atoms with van der Waals surface area (Å²) in [6, 6.07) is 15.3. The predicted octanol–water partition coefficient (Wildman–Crippen LogP) is 3.70. The van der Waals surface area contributed by atoms with Crippen molar-refractivity contribution >= 4 is 62.4 Å². The standard InChI is InChI=1S/C43H52N8O14S2/c1-41(2,3)63-37(55)43(7,8)65-49-33(29-25-66-39(46-29)48-40(57)64-42(4,5)6)35(53)47-34-30(51(36(34)54)67(58,59)60)21-45-38(56)44-20-28-19-31(52)32(61-23-26-15-11-9-12-16-26)22-50(28)62-24-27-17-13-10-14-18-27/h9-19,22,25,30,34H,20-21,23-24H2,1-8H3,(H,47,53)(H2,44,45,56)(H,46,48,57)(H,58,59,60)/b49-33-/t30-,34+/m1/s1. The van der Waals surface area contributed by atoms with Gasteiger partial charge in [-0.25, -0.2) is 23.7 Å². The van der Waals surface area contributed by atoms with Crippen LogP contribution in [0.1, 0.15) is 77.9 Å². The number of oxime groups is 1. The molecular formula is C43H52N8O14S2.